The zero-order valence-electron chi connectivity index (χ0n) is 19.3. The lowest BCUT2D eigenvalue weighted by Crippen LogP contribution is -2.45. The highest BCUT2D eigenvalue weighted by Gasteiger charge is 2.49. The smallest absolute Gasteiger partial charge is 0.433 e. The van der Waals surface area contributed by atoms with E-state index in [0.29, 0.717) is 23.5 Å². The Hall–Kier alpha value is -3.05. The van der Waals surface area contributed by atoms with Gasteiger partial charge in [0.2, 0.25) is 5.95 Å². The number of carboxylic acids is 1. The summed E-state index contributed by atoms with van der Waals surface area (Å²) in [4.78, 5) is 24.2. The third kappa shape index (κ3) is 5.01. The Morgan fingerprint density at radius 2 is 1.97 bits per heavy atom. The van der Waals surface area contributed by atoms with Crippen LogP contribution in [-0.4, -0.2) is 31.1 Å². The Labute approximate surface area is 204 Å². The first-order valence-corrected chi connectivity index (χ1v) is 11.9. The van der Waals surface area contributed by atoms with Crippen molar-refractivity contribution in [1.29, 1.82) is 0 Å². The van der Waals surface area contributed by atoms with Gasteiger partial charge in [0.15, 0.2) is 0 Å². The molecule has 3 N–H and O–H groups in total. The number of nitrogens with one attached hydrogen (secondary N) is 1. The quantitative estimate of drug-likeness (QED) is 0.412. The van der Waals surface area contributed by atoms with E-state index in [-0.39, 0.29) is 17.8 Å². The predicted molar refractivity (Wildman–Crippen MR) is 125 cm³/mol. The molecule has 0 bridgehead atoms. The first-order valence-electron chi connectivity index (χ1n) is 11.1. The van der Waals surface area contributed by atoms with Gasteiger partial charge in [0.05, 0.1) is 10.8 Å². The number of carboxylic acid groups (broad SMARTS) is 1. The number of aliphatic hydroxyl groups is 1. The maximum atomic E-state index is 13.0. The first kappa shape index (κ1) is 25.1. The molecular formula is C24H25F3N4O3S. The van der Waals surface area contributed by atoms with E-state index in [2.05, 4.69) is 20.3 Å². The minimum absolute atomic E-state index is 0.173. The van der Waals surface area contributed by atoms with E-state index >= 15 is 0 Å². The second kappa shape index (κ2) is 9.19. The minimum atomic E-state index is -4.57. The molecule has 3 aromatic rings. The molecule has 4 unspecified atom stereocenters. The zero-order valence-corrected chi connectivity index (χ0v) is 20.1. The van der Waals surface area contributed by atoms with Gasteiger partial charge in [0, 0.05) is 18.1 Å². The number of alkyl halides is 3. The Morgan fingerprint density at radius 1 is 1.23 bits per heavy atom. The fraction of sp³-hybridized carbons (Fsp3) is 0.417. The summed E-state index contributed by atoms with van der Waals surface area (Å²) >= 11 is 1.32. The van der Waals surface area contributed by atoms with Gasteiger partial charge < -0.3 is 15.5 Å². The van der Waals surface area contributed by atoms with Crippen molar-refractivity contribution in [3.8, 4) is 10.4 Å². The number of anilines is 2. The molecule has 7 nitrogen and oxygen atoms in total. The van der Waals surface area contributed by atoms with Crippen LogP contribution in [0.1, 0.15) is 43.0 Å². The maximum absolute atomic E-state index is 13.0. The van der Waals surface area contributed by atoms with Gasteiger partial charge in [-0.05, 0) is 60.9 Å². The molecule has 0 amide bonds. The summed E-state index contributed by atoms with van der Waals surface area (Å²) in [6, 6.07) is 6.24. The fourth-order valence-electron chi connectivity index (χ4n) is 4.61. The molecule has 1 aliphatic rings. The highest BCUT2D eigenvalue weighted by atomic mass is 32.1. The standard InChI is InChI=1S/C24H25F3N4O3S/c1-12-8-15(10-16(9-12)30-22-28-7-5-19(31-22)24(25,26)27)18-11-29-21(35-18)23(34)6-4-17(20(32)33)13(2)14(23)3/h5,7-11,13-14,17,34H,4,6H2,1-3H3,(H,32,33)(H,28,30,31). The van der Waals surface area contributed by atoms with E-state index < -0.39 is 29.4 Å². The third-order valence-electron chi connectivity index (χ3n) is 6.77. The molecule has 4 rings (SSSR count). The van der Waals surface area contributed by atoms with Crippen molar-refractivity contribution in [3.05, 3.63) is 52.9 Å². The highest BCUT2D eigenvalue weighted by Crippen LogP contribution is 2.49. The summed E-state index contributed by atoms with van der Waals surface area (Å²) in [5.74, 6) is -2.05. The largest absolute Gasteiger partial charge is 0.481 e. The van der Waals surface area contributed by atoms with Gasteiger partial charge in [-0.1, -0.05) is 19.9 Å². The number of benzene rings is 1. The summed E-state index contributed by atoms with van der Waals surface area (Å²) in [7, 11) is 0. The van der Waals surface area contributed by atoms with Gasteiger partial charge >= 0.3 is 12.1 Å². The van der Waals surface area contributed by atoms with Gasteiger partial charge in [-0.2, -0.15) is 13.2 Å². The van der Waals surface area contributed by atoms with Crippen LogP contribution in [0.4, 0.5) is 24.8 Å². The normalized spacial score (nSPS) is 24.8. The second-order valence-corrected chi connectivity index (χ2v) is 10.1. The van der Waals surface area contributed by atoms with E-state index in [1.165, 1.54) is 11.3 Å². The average molecular weight is 507 g/mol. The SMILES string of the molecule is Cc1cc(Nc2nccc(C(F)(F)F)n2)cc(-c2cnc(C3(O)CCC(C(=O)O)C(C)C3C)s2)c1. The Morgan fingerprint density at radius 3 is 2.66 bits per heavy atom. The molecule has 0 saturated heterocycles. The lowest BCUT2D eigenvalue weighted by atomic mass is 9.65. The van der Waals surface area contributed by atoms with E-state index in [9.17, 15) is 28.2 Å². The van der Waals surface area contributed by atoms with E-state index in [0.717, 1.165) is 28.3 Å². The van der Waals surface area contributed by atoms with Crippen molar-refractivity contribution in [1.82, 2.24) is 15.0 Å². The number of hydrogen-bond acceptors (Lipinski definition) is 7. The van der Waals surface area contributed by atoms with E-state index in [1.54, 1.807) is 18.3 Å². The van der Waals surface area contributed by atoms with Crippen LogP contribution in [0.25, 0.3) is 10.4 Å². The van der Waals surface area contributed by atoms with E-state index in [1.807, 2.05) is 26.8 Å². The lowest BCUT2D eigenvalue weighted by molar-refractivity contribution is -0.153. The van der Waals surface area contributed by atoms with Crippen molar-refractivity contribution in [2.45, 2.75) is 45.4 Å². The van der Waals surface area contributed by atoms with Crippen LogP contribution < -0.4 is 5.32 Å². The number of aromatic nitrogens is 3. The molecule has 35 heavy (non-hydrogen) atoms. The Bertz CT molecular complexity index is 1250. The molecule has 0 aliphatic heterocycles. The molecule has 0 radical (unpaired) electrons. The number of aryl methyl sites for hydroxylation is 1. The molecule has 2 heterocycles. The van der Waals surface area contributed by atoms with Crippen molar-refractivity contribution < 1.29 is 28.2 Å². The number of rotatable bonds is 5. The Kier molecular flexibility index (Phi) is 6.58. The highest BCUT2D eigenvalue weighted by molar-refractivity contribution is 7.15. The topological polar surface area (TPSA) is 108 Å². The molecule has 186 valence electrons. The monoisotopic (exact) mass is 506 g/mol. The summed E-state index contributed by atoms with van der Waals surface area (Å²) in [5.41, 5.74) is -0.132. The van der Waals surface area contributed by atoms with Crippen LogP contribution in [0.3, 0.4) is 0 Å². The van der Waals surface area contributed by atoms with Gasteiger partial charge in [-0.3, -0.25) is 4.79 Å². The molecule has 4 atom stereocenters. The molecule has 11 heteroatoms. The van der Waals surface area contributed by atoms with Crippen LogP contribution in [0.15, 0.2) is 36.7 Å². The van der Waals surface area contributed by atoms with Gasteiger partial charge in [-0.15, -0.1) is 11.3 Å². The number of hydrogen-bond donors (Lipinski definition) is 3. The van der Waals surface area contributed by atoms with Gasteiger partial charge in [0.25, 0.3) is 0 Å². The maximum Gasteiger partial charge on any atom is 0.433 e. The Balaban J connectivity index is 1.60. The first-order chi connectivity index (χ1) is 16.4. The molecule has 1 fully saturated rings. The molecular weight excluding hydrogens is 481 g/mol. The number of carbonyl (C=O) groups is 1. The number of nitrogens with zero attached hydrogens (tertiary/aromatic N) is 3. The average Bonchev–Trinajstić information content (AvgIpc) is 3.28. The third-order valence-corrected chi connectivity index (χ3v) is 7.98. The predicted octanol–water partition coefficient (Wildman–Crippen LogP) is 5.63. The van der Waals surface area contributed by atoms with Crippen molar-refractivity contribution in [2.24, 2.45) is 17.8 Å². The molecule has 2 aromatic heterocycles. The van der Waals surface area contributed by atoms with Crippen LogP contribution in [0, 0.1) is 24.7 Å². The molecule has 1 aliphatic carbocycles. The molecule has 1 aromatic carbocycles. The minimum Gasteiger partial charge on any atom is -0.481 e. The van der Waals surface area contributed by atoms with E-state index in [4.69, 9.17) is 0 Å². The summed E-state index contributed by atoms with van der Waals surface area (Å²) < 4.78 is 38.9. The van der Waals surface area contributed by atoms with Crippen LogP contribution in [0.5, 0.6) is 0 Å². The summed E-state index contributed by atoms with van der Waals surface area (Å²) in [6.07, 6.45) is -1.21. The molecule has 1 saturated carbocycles. The van der Waals surface area contributed by atoms with Crippen LogP contribution >= 0.6 is 11.3 Å². The fourth-order valence-corrected chi connectivity index (χ4v) is 5.73. The molecule has 0 spiro atoms. The van der Waals surface area contributed by atoms with Gasteiger partial charge in [0.1, 0.15) is 16.3 Å². The van der Waals surface area contributed by atoms with Crippen molar-refractivity contribution >= 4 is 28.9 Å². The number of thiazole rings is 1. The number of halogens is 3. The van der Waals surface area contributed by atoms with Crippen LogP contribution in [0.2, 0.25) is 0 Å². The summed E-state index contributed by atoms with van der Waals surface area (Å²) in [6.45, 7) is 5.55. The van der Waals surface area contributed by atoms with Crippen LogP contribution in [-0.2, 0) is 16.6 Å². The lowest BCUT2D eigenvalue weighted by Gasteiger charge is -2.43. The zero-order chi connectivity index (χ0) is 25.5. The number of aliphatic carboxylic acids is 1. The van der Waals surface area contributed by atoms with Crippen molar-refractivity contribution in [2.75, 3.05) is 5.32 Å². The summed E-state index contributed by atoms with van der Waals surface area (Å²) in [5, 5.41) is 24.3. The second-order valence-electron chi connectivity index (χ2n) is 9.06. The van der Waals surface area contributed by atoms with Gasteiger partial charge in [-0.25, -0.2) is 15.0 Å². The van der Waals surface area contributed by atoms with Crippen molar-refractivity contribution in [3.63, 3.8) is 0 Å².